The summed E-state index contributed by atoms with van der Waals surface area (Å²) in [5, 5.41) is 4.00. The molecule has 1 aromatic heterocycles. The van der Waals surface area contributed by atoms with Gasteiger partial charge in [0.2, 0.25) is 17.6 Å². The molecule has 0 radical (unpaired) electrons. The lowest BCUT2D eigenvalue weighted by Crippen LogP contribution is -2.43. The van der Waals surface area contributed by atoms with Crippen LogP contribution >= 0.6 is 0 Å². The Balaban J connectivity index is 1.80. The lowest BCUT2D eigenvalue weighted by Gasteiger charge is -2.35. The number of hydrogen-bond donors (Lipinski definition) is 1. The van der Waals surface area contributed by atoms with Gasteiger partial charge in [0.15, 0.2) is 11.5 Å². The molecule has 40 heavy (non-hydrogen) atoms. The summed E-state index contributed by atoms with van der Waals surface area (Å²) in [6.07, 6.45) is 2.40. The Morgan fingerprint density at radius 2 is 1.85 bits per heavy atom. The molecule has 1 atom stereocenters. The molecule has 2 aliphatic heterocycles. The first-order valence-corrected chi connectivity index (χ1v) is 14.4. The van der Waals surface area contributed by atoms with Crippen LogP contribution < -0.4 is 24.4 Å². The van der Waals surface area contributed by atoms with Crippen molar-refractivity contribution in [3.05, 3.63) is 17.7 Å². The average Bonchev–Trinajstić information content (AvgIpc) is 2.97. The van der Waals surface area contributed by atoms with Gasteiger partial charge < -0.3 is 29.3 Å². The second-order valence-corrected chi connectivity index (χ2v) is 11.0. The molecule has 3 heterocycles. The predicted octanol–water partition coefficient (Wildman–Crippen LogP) is 3.30. The van der Waals surface area contributed by atoms with E-state index in [0.717, 1.165) is 54.8 Å². The van der Waals surface area contributed by atoms with Gasteiger partial charge in [-0.05, 0) is 31.4 Å². The summed E-state index contributed by atoms with van der Waals surface area (Å²) in [7, 11) is 4.85. The van der Waals surface area contributed by atoms with Crippen molar-refractivity contribution in [3.63, 3.8) is 0 Å². The van der Waals surface area contributed by atoms with E-state index in [1.165, 1.54) is 0 Å². The molecule has 0 saturated carbocycles. The van der Waals surface area contributed by atoms with Crippen LogP contribution in [0.15, 0.2) is 12.1 Å². The van der Waals surface area contributed by atoms with Gasteiger partial charge in [-0.2, -0.15) is 0 Å². The maximum Gasteiger partial charge on any atom is 0.225 e. The van der Waals surface area contributed by atoms with Crippen LogP contribution in [-0.2, 0) is 16.1 Å². The molecule has 0 aliphatic carbocycles. The Kier molecular flexibility index (Phi) is 9.95. The Morgan fingerprint density at radius 1 is 1.07 bits per heavy atom. The van der Waals surface area contributed by atoms with Crippen molar-refractivity contribution in [3.8, 4) is 17.2 Å². The summed E-state index contributed by atoms with van der Waals surface area (Å²) in [6, 6.07) is 4.07. The largest absolute Gasteiger partial charge is 0.493 e. The van der Waals surface area contributed by atoms with Gasteiger partial charge in [0.05, 0.1) is 26.8 Å². The second kappa shape index (κ2) is 13.4. The number of likely N-dealkylation sites (N-methyl/N-ethyl adjacent to an activating group) is 1. The van der Waals surface area contributed by atoms with Gasteiger partial charge in [0.1, 0.15) is 5.82 Å². The number of carbonyl (C=O) groups excluding carboxylic acids is 2. The number of ether oxygens (including phenoxy) is 3. The number of amides is 2. The van der Waals surface area contributed by atoms with Crippen LogP contribution in [-0.4, -0.2) is 93.7 Å². The lowest BCUT2D eigenvalue weighted by atomic mass is 9.97. The molecule has 0 spiro atoms. The third-order valence-corrected chi connectivity index (χ3v) is 8.03. The summed E-state index contributed by atoms with van der Waals surface area (Å²) in [4.78, 5) is 37.5. The number of pyridine rings is 1. The number of methoxy groups -OCH3 is 3. The third kappa shape index (κ3) is 6.54. The number of nitrogens with zero attached hydrogens (tertiary/aromatic N) is 4. The third-order valence-electron chi connectivity index (χ3n) is 8.03. The predicted molar refractivity (Wildman–Crippen MR) is 156 cm³/mol. The highest BCUT2D eigenvalue weighted by Gasteiger charge is 2.27. The molecule has 10 heteroatoms. The van der Waals surface area contributed by atoms with Crippen LogP contribution in [0.25, 0.3) is 10.9 Å². The quantitative estimate of drug-likeness (QED) is 0.601. The lowest BCUT2D eigenvalue weighted by molar-refractivity contribution is -0.135. The zero-order valence-electron chi connectivity index (χ0n) is 24.9. The van der Waals surface area contributed by atoms with Crippen molar-refractivity contribution in [1.82, 2.24) is 20.1 Å². The van der Waals surface area contributed by atoms with Gasteiger partial charge in [-0.3, -0.25) is 14.5 Å². The molecule has 10 nitrogen and oxygen atoms in total. The Labute approximate surface area is 237 Å². The zero-order valence-corrected chi connectivity index (χ0v) is 24.9. The normalized spacial score (nSPS) is 19.5. The van der Waals surface area contributed by atoms with Gasteiger partial charge in [0, 0.05) is 75.2 Å². The fourth-order valence-electron chi connectivity index (χ4n) is 5.77. The minimum Gasteiger partial charge on any atom is -0.493 e. The van der Waals surface area contributed by atoms with Crippen LogP contribution in [0.2, 0.25) is 0 Å². The maximum atomic E-state index is 13.0. The molecule has 1 fully saturated rings. The number of fused-ring (bicyclic) bond motifs is 5. The van der Waals surface area contributed by atoms with E-state index in [0.29, 0.717) is 62.3 Å². The van der Waals surface area contributed by atoms with Crippen LogP contribution in [0.1, 0.15) is 45.6 Å². The molecule has 2 aliphatic rings. The maximum absolute atomic E-state index is 13.0. The van der Waals surface area contributed by atoms with E-state index in [1.54, 1.807) is 21.3 Å². The van der Waals surface area contributed by atoms with Gasteiger partial charge in [-0.15, -0.1) is 0 Å². The number of aromatic nitrogens is 1. The van der Waals surface area contributed by atoms with Gasteiger partial charge >= 0.3 is 0 Å². The van der Waals surface area contributed by atoms with Crippen LogP contribution in [0.4, 0.5) is 5.82 Å². The smallest absolute Gasteiger partial charge is 0.225 e. The molecular weight excluding hydrogens is 510 g/mol. The van der Waals surface area contributed by atoms with Crippen LogP contribution in [0.3, 0.4) is 0 Å². The van der Waals surface area contributed by atoms with E-state index in [4.69, 9.17) is 19.2 Å². The highest BCUT2D eigenvalue weighted by Crippen LogP contribution is 2.44. The Hall–Kier alpha value is -3.27. The number of piperidine rings is 1. The number of hydrogen-bond acceptors (Lipinski definition) is 8. The molecule has 1 N–H and O–H groups in total. The van der Waals surface area contributed by atoms with E-state index in [1.807, 2.05) is 24.8 Å². The highest BCUT2D eigenvalue weighted by molar-refractivity contribution is 5.92. The van der Waals surface area contributed by atoms with E-state index >= 15 is 0 Å². The number of rotatable bonds is 5. The molecular formula is C30H45N5O5. The first-order valence-electron chi connectivity index (χ1n) is 14.4. The molecule has 1 aromatic carbocycles. The van der Waals surface area contributed by atoms with Crippen molar-refractivity contribution in [1.29, 1.82) is 0 Å². The number of benzene rings is 1. The molecule has 1 saturated heterocycles. The average molecular weight is 556 g/mol. The van der Waals surface area contributed by atoms with Gasteiger partial charge in [-0.25, -0.2) is 4.98 Å². The minimum absolute atomic E-state index is 0.00134. The SMILES string of the molecule is CCN1CCN(C(=O)C(C)C)CCC(=O)NCC2CCCN(C2)c2nc3cc(OC)c(OC)c(OC)c3cc2C1. The van der Waals surface area contributed by atoms with E-state index in [9.17, 15) is 9.59 Å². The molecule has 2 aromatic rings. The molecule has 4 rings (SSSR count). The van der Waals surface area contributed by atoms with Gasteiger partial charge in [0.25, 0.3) is 0 Å². The number of anilines is 1. The van der Waals surface area contributed by atoms with Crippen molar-refractivity contribution in [2.24, 2.45) is 11.8 Å². The van der Waals surface area contributed by atoms with Crippen molar-refractivity contribution >= 4 is 28.5 Å². The summed E-state index contributed by atoms with van der Waals surface area (Å²) in [5.41, 5.74) is 1.87. The van der Waals surface area contributed by atoms with E-state index in [2.05, 4.69) is 28.1 Å². The minimum atomic E-state index is -0.122. The standard InChI is InChI=1S/C30H45N5O5/c1-7-33-13-14-34(30(37)20(2)3)12-10-26(36)31-17-21-9-8-11-35(18-21)29-22(19-33)15-23-24(32-29)16-25(38-4)28(40-6)27(23)39-5/h15-16,20-21H,7-14,17-19H2,1-6H3,(H,31,36). The fraction of sp³-hybridized carbons (Fsp3) is 0.633. The summed E-state index contributed by atoms with van der Waals surface area (Å²) in [6.45, 7) is 11.5. The highest BCUT2D eigenvalue weighted by atomic mass is 16.5. The van der Waals surface area contributed by atoms with E-state index < -0.39 is 0 Å². The topological polar surface area (TPSA) is 96.5 Å². The number of carbonyl (C=O) groups is 2. The Bertz CT molecular complexity index is 1200. The molecule has 220 valence electrons. The summed E-state index contributed by atoms with van der Waals surface area (Å²) >= 11 is 0. The zero-order chi connectivity index (χ0) is 28.8. The van der Waals surface area contributed by atoms with Gasteiger partial charge in [-0.1, -0.05) is 20.8 Å². The monoisotopic (exact) mass is 555 g/mol. The first-order chi connectivity index (χ1) is 19.3. The Morgan fingerprint density at radius 3 is 2.52 bits per heavy atom. The second-order valence-electron chi connectivity index (χ2n) is 11.0. The van der Waals surface area contributed by atoms with Crippen LogP contribution in [0.5, 0.6) is 17.2 Å². The number of nitrogens with one attached hydrogen (secondary N) is 1. The van der Waals surface area contributed by atoms with E-state index in [-0.39, 0.29) is 17.7 Å². The van der Waals surface area contributed by atoms with Crippen LogP contribution in [0, 0.1) is 11.8 Å². The molecule has 2 bridgehead atoms. The molecule has 1 unspecified atom stereocenters. The summed E-state index contributed by atoms with van der Waals surface area (Å²) in [5.74, 6) is 2.93. The first kappa shape index (κ1) is 29.7. The van der Waals surface area contributed by atoms with Crippen molar-refractivity contribution in [2.45, 2.75) is 46.6 Å². The summed E-state index contributed by atoms with van der Waals surface area (Å²) < 4.78 is 17.1. The fourth-order valence-corrected chi connectivity index (χ4v) is 5.77. The van der Waals surface area contributed by atoms with Crippen molar-refractivity contribution in [2.75, 3.05) is 72.0 Å². The van der Waals surface area contributed by atoms with Crippen molar-refractivity contribution < 1.29 is 23.8 Å². The molecule has 2 amide bonds.